The van der Waals surface area contributed by atoms with Gasteiger partial charge in [-0.1, -0.05) is 18.2 Å². The molecule has 2 aromatic rings. The molecule has 0 aliphatic carbocycles. The highest BCUT2D eigenvalue weighted by Crippen LogP contribution is 2.18. The number of rotatable bonds is 7. The van der Waals surface area contributed by atoms with Crippen LogP contribution < -0.4 is 10.1 Å². The van der Waals surface area contributed by atoms with E-state index in [2.05, 4.69) is 10.3 Å². The number of carbonyl (C=O) groups excluding carboxylic acids is 1. The van der Waals surface area contributed by atoms with Crippen LogP contribution >= 0.6 is 0 Å². The zero-order valence-electron chi connectivity index (χ0n) is 12.4. The number of hydrogen-bond donors (Lipinski definition) is 1. The van der Waals surface area contributed by atoms with Gasteiger partial charge in [-0.05, 0) is 18.1 Å². The van der Waals surface area contributed by atoms with E-state index >= 15 is 0 Å². The van der Waals surface area contributed by atoms with Crippen LogP contribution in [0.2, 0.25) is 0 Å². The van der Waals surface area contributed by atoms with Crippen LogP contribution in [0.3, 0.4) is 0 Å². The fourth-order valence-electron chi connectivity index (χ4n) is 2.10. The van der Waals surface area contributed by atoms with Gasteiger partial charge in [-0.15, -0.1) is 0 Å². The first-order valence-electron chi connectivity index (χ1n) is 6.98. The van der Waals surface area contributed by atoms with Crippen molar-refractivity contribution < 1.29 is 13.9 Å². The molecule has 112 valence electrons. The minimum absolute atomic E-state index is 0.0288. The summed E-state index contributed by atoms with van der Waals surface area (Å²) in [5.74, 6) is 1.50. The van der Waals surface area contributed by atoms with Gasteiger partial charge in [0.05, 0.1) is 12.8 Å². The van der Waals surface area contributed by atoms with Gasteiger partial charge >= 0.3 is 0 Å². The molecule has 0 saturated carbocycles. The molecule has 1 aromatic carbocycles. The third-order valence-electron chi connectivity index (χ3n) is 3.18. The normalized spacial score (nSPS) is 10.4. The molecule has 0 saturated heterocycles. The molecular formula is C16H20N2O3. The zero-order valence-corrected chi connectivity index (χ0v) is 12.4. The Morgan fingerprint density at radius 3 is 2.86 bits per heavy atom. The Morgan fingerprint density at radius 2 is 2.14 bits per heavy atom. The molecule has 0 radical (unpaired) electrons. The van der Waals surface area contributed by atoms with Crippen molar-refractivity contribution in [3.05, 3.63) is 47.7 Å². The predicted molar refractivity (Wildman–Crippen MR) is 79.3 cm³/mol. The second kappa shape index (κ2) is 7.47. The quantitative estimate of drug-likeness (QED) is 0.849. The number of oxazole rings is 1. The van der Waals surface area contributed by atoms with E-state index in [9.17, 15) is 4.79 Å². The number of carbonyl (C=O) groups is 1. The molecule has 1 N–H and O–H groups in total. The summed E-state index contributed by atoms with van der Waals surface area (Å²) in [6.45, 7) is 2.37. The summed E-state index contributed by atoms with van der Waals surface area (Å²) in [5, 5.41) is 2.89. The second-order valence-corrected chi connectivity index (χ2v) is 4.77. The van der Waals surface area contributed by atoms with E-state index in [0.717, 1.165) is 17.0 Å². The highest BCUT2D eigenvalue weighted by Gasteiger charge is 2.06. The molecule has 1 heterocycles. The SMILES string of the molecule is COc1ccccc1CCC(=O)NCCc1coc(C)n1. The van der Waals surface area contributed by atoms with Crippen LogP contribution in [-0.2, 0) is 17.6 Å². The second-order valence-electron chi connectivity index (χ2n) is 4.77. The third-order valence-corrected chi connectivity index (χ3v) is 3.18. The van der Waals surface area contributed by atoms with Gasteiger partial charge in [0.25, 0.3) is 0 Å². The monoisotopic (exact) mass is 288 g/mol. The molecule has 5 nitrogen and oxygen atoms in total. The summed E-state index contributed by atoms with van der Waals surface area (Å²) in [6, 6.07) is 7.75. The van der Waals surface area contributed by atoms with Crippen molar-refractivity contribution >= 4 is 5.91 Å². The Hall–Kier alpha value is -2.30. The molecule has 0 aliphatic rings. The minimum Gasteiger partial charge on any atom is -0.496 e. The first kappa shape index (κ1) is 15.1. The maximum Gasteiger partial charge on any atom is 0.220 e. The molecule has 5 heteroatoms. The number of methoxy groups -OCH3 is 1. The highest BCUT2D eigenvalue weighted by atomic mass is 16.5. The Kier molecular flexibility index (Phi) is 5.37. The van der Waals surface area contributed by atoms with Crippen molar-refractivity contribution in [1.29, 1.82) is 0 Å². The van der Waals surface area contributed by atoms with Crippen LogP contribution in [0.5, 0.6) is 5.75 Å². The molecule has 0 fully saturated rings. The van der Waals surface area contributed by atoms with E-state index in [1.165, 1.54) is 0 Å². The van der Waals surface area contributed by atoms with Gasteiger partial charge < -0.3 is 14.5 Å². The molecule has 2 rings (SSSR count). The van der Waals surface area contributed by atoms with E-state index < -0.39 is 0 Å². The van der Waals surface area contributed by atoms with Crippen molar-refractivity contribution in [2.75, 3.05) is 13.7 Å². The van der Waals surface area contributed by atoms with Crippen molar-refractivity contribution in [3.8, 4) is 5.75 Å². The van der Waals surface area contributed by atoms with E-state index in [4.69, 9.17) is 9.15 Å². The number of hydrogen-bond acceptors (Lipinski definition) is 4. The fraction of sp³-hybridized carbons (Fsp3) is 0.375. The van der Waals surface area contributed by atoms with E-state index in [1.54, 1.807) is 20.3 Å². The molecule has 0 aliphatic heterocycles. The molecule has 1 aromatic heterocycles. The summed E-state index contributed by atoms with van der Waals surface area (Å²) >= 11 is 0. The number of ether oxygens (including phenoxy) is 1. The smallest absolute Gasteiger partial charge is 0.220 e. The van der Waals surface area contributed by atoms with E-state index in [1.807, 2.05) is 24.3 Å². The molecule has 21 heavy (non-hydrogen) atoms. The van der Waals surface area contributed by atoms with Crippen molar-refractivity contribution in [3.63, 3.8) is 0 Å². The molecule has 0 atom stereocenters. The number of amides is 1. The maximum atomic E-state index is 11.8. The van der Waals surface area contributed by atoms with Crippen molar-refractivity contribution in [1.82, 2.24) is 10.3 Å². The molecule has 0 unspecified atom stereocenters. The first-order chi connectivity index (χ1) is 10.2. The average Bonchev–Trinajstić information content (AvgIpc) is 2.91. The minimum atomic E-state index is 0.0288. The van der Waals surface area contributed by atoms with Gasteiger partial charge in [-0.25, -0.2) is 4.98 Å². The summed E-state index contributed by atoms with van der Waals surface area (Å²) in [5.41, 5.74) is 1.90. The van der Waals surface area contributed by atoms with Crippen LogP contribution in [0.25, 0.3) is 0 Å². The highest BCUT2D eigenvalue weighted by molar-refractivity contribution is 5.76. The van der Waals surface area contributed by atoms with E-state index in [0.29, 0.717) is 31.7 Å². The number of para-hydroxylation sites is 1. The van der Waals surface area contributed by atoms with Crippen molar-refractivity contribution in [2.24, 2.45) is 0 Å². The Balaban J connectivity index is 1.72. The van der Waals surface area contributed by atoms with Gasteiger partial charge in [0.15, 0.2) is 5.89 Å². The topological polar surface area (TPSA) is 64.4 Å². The van der Waals surface area contributed by atoms with Crippen molar-refractivity contribution in [2.45, 2.75) is 26.2 Å². The summed E-state index contributed by atoms with van der Waals surface area (Å²) in [6.07, 6.45) is 3.41. The average molecular weight is 288 g/mol. The van der Waals surface area contributed by atoms with Gasteiger partial charge in [-0.2, -0.15) is 0 Å². The standard InChI is InChI=1S/C16H20N2O3/c1-12-18-14(11-21-12)9-10-17-16(19)8-7-13-5-3-4-6-15(13)20-2/h3-6,11H,7-10H2,1-2H3,(H,17,19). The fourth-order valence-corrected chi connectivity index (χ4v) is 2.10. The number of nitrogens with zero attached hydrogens (tertiary/aromatic N) is 1. The van der Waals surface area contributed by atoms with Crippen LogP contribution in [0.15, 0.2) is 34.9 Å². The maximum absolute atomic E-state index is 11.8. The molecule has 0 spiro atoms. The lowest BCUT2D eigenvalue weighted by atomic mass is 10.1. The van der Waals surface area contributed by atoms with Gasteiger partial charge in [0.1, 0.15) is 12.0 Å². The van der Waals surface area contributed by atoms with Gasteiger partial charge in [0, 0.05) is 26.3 Å². The molecule has 1 amide bonds. The Morgan fingerprint density at radius 1 is 1.33 bits per heavy atom. The Labute approximate surface area is 124 Å². The number of aromatic nitrogens is 1. The lowest BCUT2D eigenvalue weighted by Crippen LogP contribution is -2.26. The van der Waals surface area contributed by atoms with Crippen LogP contribution in [0.1, 0.15) is 23.6 Å². The number of benzene rings is 1. The summed E-state index contributed by atoms with van der Waals surface area (Å²) in [4.78, 5) is 16.0. The van der Waals surface area contributed by atoms with Gasteiger partial charge in [0.2, 0.25) is 5.91 Å². The zero-order chi connectivity index (χ0) is 15.1. The molecular weight excluding hydrogens is 268 g/mol. The number of aryl methyl sites for hydroxylation is 2. The third kappa shape index (κ3) is 4.63. The van der Waals surface area contributed by atoms with Crippen LogP contribution in [0.4, 0.5) is 0 Å². The van der Waals surface area contributed by atoms with Crippen LogP contribution in [-0.4, -0.2) is 24.5 Å². The van der Waals surface area contributed by atoms with E-state index in [-0.39, 0.29) is 5.91 Å². The summed E-state index contributed by atoms with van der Waals surface area (Å²) < 4.78 is 10.4. The largest absolute Gasteiger partial charge is 0.496 e. The number of nitrogens with one attached hydrogen (secondary N) is 1. The van der Waals surface area contributed by atoms with Gasteiger partial charge in [-0.3, -0.25) is 4.79 Å². The lowest BCUT2D eigenvalue weighted by molar-refractivity contribution is -0.121. The summed E-state index contributed by atoms with van der Waals surface area (Å²) in [7, 11) is 1.64. The molecule has 0 bridgehead atoms. The lowest BCUT2D eigenvalue weighted by Gasteiger charge is -2.08. The predicted octanol–water partition coefficient (Wildman–Crippen LogP) is 2.28. The first-order valence-corrected chi connectivity index (χ1v) is 6.98. The Bertz CT molecular complexity index is 593. The van der Waals surface area contributed by atoms with Crippen LogP contribution in [0, 0.1) is 6.92 Å².